The van der Waals surface area contributed by atoms with Gasteiger partial charge >= 0.3 is 0 Å². The van der Waals surface area contributed by atoms with Crippen molar-refractivity contribution < 1.29 is 22.3 Å². The summed E-state index contributed by atoms with van der Waals surface area (Å²) in [6.45, 7) is -0.215. The molecule has 0 fully saturated rings. The third-order valence-corrected chi connectivity index (χ3v) is 4.96. The second-order valence-electron chi connectivity index (χ2n) is 5.51. The number of nitrogens with one attached hydrogen (secondary N) is 1. The number of amides is 1. The molecule has 25 heavy (non-hydrogen) atoms. The van der Waals surface area contributed by atoms with Gasteiger partial charge in [-0.05, 0) is 36.4 Å². The number of sulfonamides is 1. The first-order valence-corrected chi connectivity index (χ1v) is 9.47. The van der Waals surface area contributed by atoms with Crippen LogP contribution in [0.2, 0.25) is 5.02 Å². The second-order valence-corrected chi connectivity index (χ2v) is 7.86. The maximum absolute atomic E-state index is 13.2. The third-order valence-electron chi connectivity index (χ3n) is 3.58. The van der Waals surface area contributed by atoms with E-state index in [4.69, 9.17) is 16.3 Å². The van der Waals surface area contributed by atoms with Crippen LogP contribution in [0.4, 0.5) is 15.8 Å². The summed E-state index contributed by atoms with van der Waals surface area (Å²) in [6.07, 6.45) is -0.0588. The topological polar surface area (TPSA) is 75.7 Å². The summed E-state index contributed by atoms with van der Waals surface area (Å²) in [5, 5.41) is 2.86. The Morgan fingerprint density at radius 2 is 2.08 bits per heavy atom. The van der Waals surface area contributed by atoms with Crippen molar-refractivity contribution in [2.75, 3.05) is 22.4 Å². The molecule has 1 unspecified atom stereocenters. The van der Waals surface area contributed by atoms with Crippen LogP contribution >= 0.6 is 11.6 Å². The standard InChI is InChI=1S/C16H14ClFN2O4S/c1-25(22,23)20-9-15(24-14-6-5-10(17)7-13(14)20)16(21)19-12-4-2-3-11(18)8-12/h2-8,15H,9H2,1H3,(H,19,21). The first kappa shape index (κ1) is 17.5. The molecule has 3 rings (SSSR count). The van der Waals surface area contributed by atoms with Gasteiger partial charge in [0.2, 0.25) is 10.0 Å². The predicted molar refractivity (Wildman–Crippen MR) is 93.1 cm³/mol. The van der Waals surface area contributed by atoms with Gasteiger partial charge in [-0.25, -0.2) is 12.8 Å². The molecule has 0 radical (unpaired) electrons. The van der Waals surface area contributed by atoms with Crippen molar-refractivity contribution in [1.29, 1.82) is 0 Å². The Bertz CT molecular complexity index is 935. The summed E-state index contributed by atoms with van der Waals surface area (Å²) < 4.78 is 44.1. The molecule has 132 valence electrons. The fourth-order valence-corrected chi connectivity index (χ4v) is 3.54. The number of benzene rings is 2. The normalized spacial score (nSPS) is 16.8. The van der Waals surface area contributed by atoms with Crippen LogP contribution in [0, 0.1) is 5.82 Å². The van der Waals surface area contributed by atoms with Crippen LogP contribution in [0.25, 0.3) is 0 Å². The zero-order chi connectivity index (χ0) is 18.2. The lowest BCUT2D eigenvalue weighted by atomic mass is 10.2. The zero-order valence-electron chi connectivity index (χ0n) is 13.1. The van der Waals surface area contributed by atoms with Gasteiger partial charge in [-0.1, -0.05) is 17.7 Å². The molecule has 0 aliphatic carbocycles. The summed E-state index contributed by atoms with van der Waals surface area (Å²) >= 11 is 5.92. The Morgan fingerprint density at radius 1 is 1.32 bits per heavy atom. The first-order chi connectivity index (χ1) is 11.7. The van der Waals surface area contributed by atoms with Crippen molar-refractivity contribution in [2.45, 2.75) is 6.10 Å². The number of hydrogen-bond acceptors (Lipinski definition) is 4. The predicted octanol–water partition coefficient (Wildman–Crippen LogP) is 2.64. The van der Waals surface area contributed by atoms with E-state index in [-0.39, 0.29) is 23.7 Å². The smallest absolute Gasteiger partial charge is 0.267 e. The lowest BCUT2D eigenvalue weighted by Gasteiger charge is -2.34. The number of nitrogens with zero attached hydrogens (tertiary/aromatic N) is 1. The van der Waals surface area contributed by atoms with E-state index in [1.54, 1.807) is 0 Å². The molecule has 1 N–H and O–H groups in total. The summed E-state index contributed by atoms with van der Waals surface area (Å²) in [7, 11) is -3.65. The third kappa shape index (κ3) is 3.85. The number of carbonyl (C=O) groups is 1. The molecule has 0 aromatic heterocycles. The Labute approximate surface area is 149 Å². The molecule has 2 aromatic carbocycles. The largest absolute Gasteiger partial charge is 0.476 e. The Kier molecular flexibility index (Phi) is 4.57. The number of halogens is 2. The molecule has 1 aliphatic rings. The molecule has 1 aliphatic heterocycles. The van der Waals surface area contributed by atoms with E-state index in [0.29, 0.717) is 5.02 Å². The van der Waals surface area contributed by atoms with E-state index in [2.05, 4.69) is 5.32 Å². The average molecular weight is 385 g/mol. The molecule has 0 saturated heterocycles. The van der Waals surface area contributed by atoms with Gasteiger partial charge in [-0.15, -0.1) is 0 Å². The van der Waals surface area contributed by atoms with Crippen molar-refractivity contribution in [3.8, 4) is 5.75 Å². The molecule has 0 bridgehead atoms. The number of ether oxygens (including phenoxy) is 1. The van der Waals surface area contributed by atoms with Crippen LogP contribution in [-0.2, 0) is 14.8 Å². The van der Waals surface area contributed by atoms with Gasteiger partial charge in [-0.2, -0.15) is 0 Å². The van der Waals surface area contributed by atoms with Gasteiger partial charge in [0.15, 0.2) is 6.10 Å². The maximum atomic E-state index is 13.2. The van der Waals surface area contributed by atoms with Crippen molar-refractivity contribution in [3.05, 3.63) is 53.3 Å². The van der Waals surface area contributed by atoms with Crippen LogP contribution in [0.3, 0.4) is 0 Å². The Hall–Kier alpha value is -2.32. The van der Waals surface area contributed by atoms with Gasteiger partial charge in [0.05, 0.1) is 18.5 Å². The minimum atomic E-state index is -3.65. The van der Waals surface area contributed by atoms with E-state index in [9.17, 15) is 17.6 Å². The van der Waals surface area contributed by atoms with E-state index in [1.807, 2.05) is 0 Å². The zero-order valence-corrected chi connectivity index (χ0v) is 14.6. The summed E-state index contributed by atoms with van der Waals surface area (Å²) in [4.78, 5) is 12.4. The monoisotopic (exact) mass is 384 g/mol. The summed E-state index contributed by atoms with van der Waals surface area (Å²) in [5.41, 5.74) is 0.520. The SMILES string of the molecule is CS(=O)(=O)N1CC(C(=O)Nc2cccc(F)c2)Oc2ccc(Cl)cc21. The molecule has 2 aromatic rings. The highest BCUT2D eigenvalue weighted by molar-refractivity contribution is 7.92. The van der Waals surface area contributed by atoms with Crippen LogP contribution in [0.1, 0.15) is 0 Å². The minimum absolute atomic E-state index is 0.215. The summed E-state index contributed by atoms with van der Waals surface area (Å²) in [5.74, 6) is -0.861. The molecule has 1 heterocycles. The minimum Gasteiger partial charge on any atom is -0.476 e. The van der Waals surface area contributed by atoms with Gasteiger partial charge < -0.3 is 10.1 Å². The fourth-order valence-electron chi connectivity index (χ4n) is 2.46. The molecule has 6 nitrogen and oxygen atoms in total. The maximum Gasteiger partial charge on any atom is 0.267 e. The van der Waals surface area contributed by atoms with Gasteiger partial charge in [0.25, 0.3) is 5.91 Å². The number of rotatable bonds is 3. The molecule has 0 saturated carbocycles. The van der Waals surface area contributed by atoms with E-state index in [1.165, 1.54) is 36.4 Å². The van der Waals surface area contributed by atoms with Crippen LogP contribution in [0.15, 0.2) is 42.5 Å². The number of fused-ring (bicyclic) bond motifs is 1. The average Bonchev–Trinajstić information content (AvgIpc) is 2.52. The van der Waals surface area contributed by atoms with E-state index < -0.39 is 27.9 Å². The van der Waals surface area contributed by atoms with Gasteiger partial charge in [-0.3, -0.25) is 9.10 Å². The van der Waals surface area contributed by atoms with E-state index >= 15 is 0 Å². The molecular formula is C16H14ClFN2O4S. The van der Waals surface area contributed by atoms with E-state index in [0.717, 1.165) is 16.6 Å². The van der Waals surface area contributed by atoms with Crippen LogP contribution in [-0.4, -0.2) is 33.2 Å². The second kappa shape index (κ2) is 6.53. The van der Waals surface area contributed by atoms with Crippen LogP contribution < -0.4 is 14.4 Å². The molecule has 9 heteroatoms. The molecular weight excluding hydrogens is 371 g/mol. The Morgan fingerprint density at radius 3 is 2.76 bits per heavy atom. The highest BCUT2D eigenvalue weighted by Crippen LogP contribution is 2.37. The summed E-state index contributed by atoms with van der Waals surface area (Å²) in [6, 6.07) is 9.86. The van der Waals surface area contributed by atoms with Gasteiger partial charge in [0, 0.05) is 10.7 Å². The van der Waals surface area contributed by atoms with Crippen molar-refractivity contribution in [3.63, 3.8) is 0 Å². The Balaban J connectivity index is 1.89. The quantitative estimate of drug-likeness (QED) is 0.882. The van der Waals surface area contributed by atoms with Crippen molar-refractivity contribution in [1.82, 2.24) is 0 Å². The number of carbonyl (C=O) groups excluding carboxylic acids is 1. The van der Waals surface area contributed by atoms with Crippen molar-refractivity contribution in [2.24, 2.45) is 0 Å². The lowest BCUT2D eigenvalue weighted by Crippen LogP contribution is -2.48. The fraction of sp³-hybridized carbons (Fsp3) is 0.188. The van der Waals surface area contributed by atoms with Gasteiger partial charge in [0.1, 0.15) is 11.6 Å². The molecule has 1 amide bonds. The van der Waals surface area contributed by atoms with Crippen molar-refractivity contribution >= 4 is 38.9 Å². The molecule has 1 atom stereocenters. The first-order valence-electron chi connectivity index (χ1n) is 7.24. The highest BCUT2D eigenvalue weighted by atomic mass is 35.5. The highest BCUT2D eigenvalue weighted by Gasteiger charge is 2.35. The lowest BCUT2D eigenvalue weighted by molar-refractivity contribution is -0.122. The van der Waals surface area contributed by atoms with Crippen LogP contribution in [0.5, 0.6) is 5.75 Å². The number of anilines is 2. The molecule has 0 spiro atoms. The number of hydrogen-bond donors (Lipinski definition) is 1.